The molecule has 0 aromatic rings. The van der Waals surface area contributed by atoms with E-state index < -0.39 is 0 Å². The minimum atomic E-state index is -0.0817. The van der Waals surface area contributed by atoms with E-state index in [0.29, 0.717) is 0 Å². The van der Waals surface area contributed by atoms with E-state index in [1.807, 2.05) is 4.90 Å². The summed E-state index contributed by atoms with van der Waals surface area (Å²) in [5.41, 5.74) is -0.0817. The molecule has 1 spiro atoms. The molecule has 4 heteroatoms. The van der Waals surface area contributed by atoms with E-state index >= 15 is 0 Å². The van der Waals surface area contributed by atoms with Crippen LogP contribution < -0.4 is 5.32 Å². The van der Waals surface area contributed by atoms with Crippen LogP contribution in [-0.2, 0) is 9.53 Å². The first-order chi connectivity index (χ1) is 7.63. The second-order valence-electron chi connectivity index (χ2n) is 5.19. The van der Waals surface area contributed by atoms with Gasteiger partial charge in [-0.3, -0.25) is 4.79 Å². The molecule has 2 saturated heterocycles. The van der Waals surface area contributed by atoms with Gasteiger partial charge in [0.05, 0.1) is 12.1 Å². The summed E-state index contributed by atoms with van der Waals surface area (Å²) in [6, 6.07) is 0.282. The van der Waals surface area contributed by atoms with Crippen molar-refractivity contribution in [3.05, 3.63) is 0 Å². The van der Waals surface area contributed by atoms with Crippen LogP contribution in [0.2, 0.25) is 0 Å². The number of ether oxygens (including phenoxy) is 1. The zero-order valence-electron chi connectivity index (χ0n) is 10.3. The van der Waals surface area contributed by atoms with Crippen LogP contribution in [0.5, 0.6) is 0 Å². The number of carbonyl (C=O) groups is 1. The Morgan fingerprint density at radius 1 is 1.38 bits per heavy atom. The molecule has 2 rings (SSSR count). The third-order valence-corrected chi connectivity index (χ3v) is 3.65. The van der Waals surface area contributed by atoms with Crippen molar-refractivity contribution in [2.45, 2.75) is 44.8 Å². The third-order valence-electron chi connectivity index (χ3n) is 3.65. The van der Waals surface area contributed by atoms with Gasteiger partial charge in [0.2, 0.25) is 5.91 Å². The summed E-state index contributed by atoms with van der Waals surface area (Å²) < 4.78 is 5.85. The van der Waals surface area contributed by atoms with Gasteiger partial charge in [-0.25, -0.2) is 0 Å². The third kappa shape index (κ3) is 2.38. The Bertz CT molecular complexity index is 258. The van der Waals surface area contributed by atoms with Gasteiger partial charge >= 0.3 is 0 Å². The molecule has 0 aromatic heterocycles. The van der Waals surface area contributed by atoms with Gasteiger partial charge in [-0.1, -0.05) is 0 Å². The largest absolute Gasteiger partial charge is 0.363 e. The maximum Gasteiger partial charge on any atom is 0.248 e. The normalized spacial score (nSPS) is 32.2. The zero-order chi connectivity index (χ0) is 11.6. The summed E-state index contributed by atoms with van der Waals surface area (Å²) in [5, 5.41) is 3.39. The lowest BCUT2D eigenvalue weighted by molar-refractivity contribution is -0.168. The highest BCUT2D eigenvalue weighted by Crippen LogP contribution is 2.29. The second kappa shape index (κ2) is 4.72. The number of carbonyl (C=O) groups excluding carboxylic acids is 1. The van der Waals surface area contributed by atoms with E-state index in [4.69, 9.17) is 4.74 Å². The molecule has 1 amide bonds. The Balaban J connectivity index is 2.07. The van der Waals surface area contributed by atoms with E-state index in [0.717, 1.165) is 38.9 Å². The van der Waals surface area contributed by atoms with Crippen LogP contribution in [-0.4, -0.2) is 48.7 Å². The molecule has 0 aliphatic carbocycles. The predicted octanol–water partition coefficient (Wildman–Crippen LogP) is 0.766. The molecule has 2 aliphatic rings. The van der Waals surface area contributed by atoms with Gasteiger partial charge < -0.3 is 15.0 Å². The Labute approximate surface area is 97.3 Å². The highest BCUT2D eigenvalue weighted by atomic mass is 16.5. The molecule has 2 aliphatic heterocycles. The van der Waals surface area contributed by atoms with Gasteiger partial charge in [0.1, 0.15) is 6.61 Å². The Hall–Kier alpha value is -0.610. The molecule has 0 aromatic carbocycles. The van der Waals surface area contributed by atoms with Crippen molar-refractivity contribution in [3.8, 4) is 0 Å². The van der Waals surface area contributed by atoms with Gasteiger partial charge in [0.15, 0.2) is 0 Å². The maximum absolute atomic E-state index is 11.7. The fraction of sp³-hybridized carbons (Fsp3) is 0.917. The first-order valence-electron chi connectivity index (χ1n) is 6.27. The Kier molecular flexibility index (Phi) is 3.50. The molecule has 0 radical (unpaired) electrons. The number of rotatable bonds is 1. The highest BCUT2D eigenvalue weighted by Gasteiger charge is 2.40. The highest BCUT2D eigenvalue weighted by molar-refractivity contribution is 5.78. The molecule has 2 heterocycles. The van der Waals surface area contributed by atoms with Gasteiger partial charge in [0, 0.05) is 6.04 Å². The minimum Gasteiger partial charge on any atom is -0.363 e. The molecule has 0 bridgehead atoms. The van der Waals surface area contributed by atoms with Crippen molar-refractivity contribution in [3.63, 3.8) is 0 Å². The van der Waals surface area contributed by atoms with E-state index in [1.54, 1.807) is 0 Å². The standard InChI is InChI=1S/C12H22N2O2/c1-10(2)14-9-12(16-8-11(14)15)4-3-6-13-7-5-12/h10,13H,3-9H2,1-2H3. The van der Waals surface area contributed by atoms with Crippen LogP contribution in [0.4, 0.5) is 0 Å². The van der Waals surface area contributed by atoms with E-state index in [-0.39, 0.29) is 24.2 Å². The van der Waals surface area contributed by atoms with Gasteiger partial charge in [-0.2, -0.15) is 0 Å². The molecule has 16 heavy (non-hydrogen) atoms. The summed E-state index contributed by atoms with van der Waals surface area (Å²) in [5.74, 6) is 0.137. The van der Waals surface area contributed by atoms with Gasteiger partial charge in [-0.05, 0) is 46.2 Å². The molecule has 0 saturated carbocycles. The Morgan fingerprint density at radius 3 is 2.94 bits per heavy atom. The fourth-order valence-electron chi connectivity index (χ4n) is 2.62. The summed E-state index contributed by atoms with van der Waals surface area (Å²) in [7, 11) is 0. The smallest absolute Gasteiger partial charge is 0.248 e. The topological polar surface area (TPSA) is 41.6 Å². The van der Waals surface area contributed by atoms with Crippen LogP contribution >= 0.6 is 0 Å². The van der Waals surface area contributed by atoms with Crippen molar-refractivity contribution in [1.82, 2.24) is 10.2 Å². The lowest BCUT2D eigenvalue weighted by atomic mass is 9.92. The summed E-state index contributed by atoms with van der Waals surface area (Å²) in [6.07, 6.45) is 3.22. The number of nitrogens with zero attached hydrogens (tertiary/aromatic N) is 1. The number of nitrogens with one attached hydrogen (secondary N) is 1. The number of morpholine rings is 1. The molecular formula is C12H22N2O2. The summed E-state index contributed by atoms with van der Waals surface area (Å²) in [6.45, 7) is 7.25. The predicted molar refractivity (Wildman–Crippen MR) is 62.3 cm³/mol. The molecule has 1 atom stereocenters. The van der Waals surface area contributed by atoms with Crippen LogP contribution in [0.25, 0.3) is 0 Å². The minimum absolute atomic E-state index is 0.0817. The number of hydrogen-bond donors (Lipinski definition) is 1. The molecule has 1 N–H and O–H groups in total. The fourth-order valence-corrected chi connectivity index (χ4v) is 2.62. The Morgan fingerprint density at radius 2 is 2.19 bits per heavy atom. The van der Waals surface area contributed by atoms with Crippen LogP contribution in [0.3, 0.4) is 0 Å². The maximum atomic E-state index is 11.7. The molecule has 2 fully saturated rings. The van der Waals surface area contributed by atoms with E-state index in [1.165, 1.54) is 0 Å². The monoisotopic (exact) mass is 226 g/mol. The van der Waals surface area contributed by atoms with Gasteiger partial charge in [-0.15, -0.1) is 0 Å². The van der Waals surface area contributed by atoms with Crippen LogP contribution in [0.15, 0.2) is 0 Å². The summed E-state index contributed by atoms with van der Waals surface area (Å²) >= 11 is 0. The van der Waals surface area contributed by atoms with Crippen molar-refractivity contribution in [2.24, 2.45) is 0 Å². The van der Waals surface area contributed by atoms with Crippen LogP contribution in [0.1, 0.15) is 33.1 Å². The first kappa shape index (κ1) is 11.9. The number of amides is 1. The van der Waals surface area contributed by atoms with E-state index in [2.05, 4.69) is 19.2 Å². The zero-order valence-corrected chi connectivity index (χ0v) is 10.3. The molecule has 92 valence electrons. The molecule has 1 unspecified atom stereocenters. The van der Waals surface area contributed by atoms with Crippen molar-refractivity contribution in [1.29, 1.82) is 0 Å². The van der Waals surface area contributed by atoms with Crippen molar-refractivity contribution >= 4 is 5.91 Å². The molecule has 4 nitrogen and oxygen atoms in total. The molecular weight excluding hydrogens is 204 g/mol. The number of hydrogen-bond acceptors (Lipinski definition) is 3. The lowest BCUT2D eigenvalue weighted by Gasteiger charge is -2.43. The first-order valence-corrected chi connectivity index (χ1v) is 6.27. The van der Waals surface area contributed by atoms with Crippen LogP contribution in [0, 0.1) is 0 Å². The quantitative estimate of drug-likeness (QED) is 0.718. The van der Waals surface area contributed by atoms with Gasteiger partial charge in [0.25, 0.3) is 0 Å². The van der Waals surface area contributed by atoms with E-state index in [9.17, 15) is 4.79 Å². The summed E-state index contributed by atoms with van der Waals surface area (Å²) in [4.78, 5) is 13.7. The second-order valence-corrected chi connectivity index (χ2v) is 5.19. The lowest BCUT2D eigenvalue weighted by Crippen LogP contribution is -2.56. The average molecular weight is 226 g/mol. The average Bonchev–Trinajstić information content (AvgIpc) is 2.48. The SMILES string of the molecule is CC(C)N1CC2(CCCNCC2)OCC1=O. The van der Waals surface area contributed by atoms with Crippen molar-refractivity contribution in [2.75, 3.05) is 26.2 Å². The van der Waals surface area contributed by atoms with Crippen molar-refractivity contribution < 1.29 is 9.53 Å².